The molecule has 0 amide bonds. The van der Waals surface area contributed by atoms with Crippen LogP contribution in [0.5, 0.6) is 0 Å². The molecular weight excluding hydrogens is 597 g/mol. The summed E-state index contributed by atoms with van der Waals surface area (Å²) in [5, 5.41) is -0.279. The second-order valence-corrected chi connectivity index (χ2v) is 11.2. The molecule has 2 aromatic heterocycles. The third-order valence-electron chi connectivity index (χ3n) is 8.24. The molecule has 0 aliphatic rings. The van der Waals surface area contributed by atoms with Gasteiger partial charge in [-0.05, 0) is 35.4 Å². The number of para-hydroxylation sites is 2. The van der Waals surface area contributed by atoms with Gasteiger partial charge in [-0.1, -0.05) is 157 Å². The Bertz CT molecular complexity index is 3180. The number of nitrogens with zero attached hydrogens (tertiary/aromatic N) is 4. The minimum atomic E-state index is -0.687. The van der Waals surface area contributed by atoms with Gasteiger partial charge in [-0.25, -0.2) is 15.0 Å². The standard InChI is InChI=1S/C45H30N4/c1-5-16-31(17-6-1)36-25-15-26-38-37-24-13-14-27-40(37)49(42(36)38)41-29-28-35(30-39(41)32-18-7-2-8-19-32)45-47-43(33-20-9-3-10-21-33)46-44(48-45)34-22-11-4-12-23-34/h1-30H/i1D,5D,6D,13D,14D,15D,16D,17D,24D,25D,26D,27D. The van der Waals surface area contributed by atoms with E-state index < -0.39 is 78.1 Å². The third kappa shape index (κ3) is 5.16. The molecule has 4 nitrogen and oxygen atoms in total. The minimum Gasteiger partial charge on any atom is -0.308 e. The summed E-state index contributed by atoms with van der Waals surface area (Å²) < 4.78 is 108. The third-order valence-corrected chi connectivity index (χ3v) is 8.24. The van der Waals surface area contributed by atoms with Crippen molar-refractivity contribution in [3.05, 3.63) is 182 Å². The summed E-state index contributed by atoms with van der Waals surface area (Å²) in [6.07, 6.45) is 0. The van der Waals surface area contributed by atoms with Gasteiger partial charge < -0.3 is 4.57 Å². The molecule has 9 rings (SSSR count). The van der Waals surface area contributed by atoms with E-state index in [1.807, 2.05) is 97.1 Å². The molecule has 0 saturated heterocycles. The lowest BCUT2D eigenvalue weighted by Gasteiger charge is -2.17. The SMILES string of the molecule is [2H]c1c([2H])c([2H])c(-c2c([2H])c([2H])c([2H])c3c4c([2H])c([2H])c([2H])c([2H])c4n(-c4ccc(-c5nc(-c6ccccc6)nc(-c6ccccc6)n5)cc4-c4ccccc4)c23)c([2H])c1[2H]. The van der Waals surface area contributed by atoms with Crippen LogP contribution >= 0.6 is 0 Å². The van der Waals surface area contributed by atoms with Crippen LogP contribution in [0.1, 0.15) is 16.4 Å². The second-order valence-electron chi connectivity index (χ2n) is 11.2. The normalized spacial score (nSPS) is 14.7. The van der Waals surface area contributed by atoms with Crippen LogP contribution in [-0.2, 0) is 0 Å². The molecule has 7 aromatic carbocycles. The predicted octanol–water partition coefficient (Wildman–Crippen LogP) is 11.3. The lowest BCUT2D eigenvalue weighted by Crippen LogP contribution is -2.02. The number of rotatable bonds is 6. The van der Waals surface area contributed by atoms with E-state index >= 15 is 0 Å². The summed E-state index contributed by atoms with van der Waals surface area (Å²) in [5.74, 6) is 1.17. The van der Waals surface area contributed by atoms with E-state index in [1.165, 1.54) is 4.57 Å². The maximum atomic E-state index is 9.29. The van der Waals surface area contributed by atoms with Gasteiger partial charge in [0.15, 0.2) is 17.5 Å². The average Bonchev–Trinajstić information content (AvgIpc) is 3.65. The van der Waals surface area contributed by atoms with Crippen LogP contribution in [0.4, 0.5) is 0 Å². The van der Waals surface area contributed by atoms with Crippen molar-refractivity contribution in [1.29, 1.82) is 0 Å². The van der Waals surface area contributed by atoms with Crippen LogP contribution in [0.15, 0.2) is 182 Å². The van der Waals surface area contributed by atoms with Crippen LogP contribution in [-0.4, -0.2) is 19.5 Å². The quantitative estimate of drug-likeness (QED) is 0.182. The van der Waals surface area contributed by atoms with Gasteiger partial charge in [-0.3, -0.25) is 0 Å². The van der Waals surface area contributed by atoms with Crippen LogP contribution in [0.25, 0.3) is 83.9 Å². The second kappa shape index (κ2) is 12.2. The molecule has 0 fully saturated rings. The predicted molar refractivity (Wildman–Crippen MR) is 201 cm³/mol. The summed E-state index contributed by atoms with van der Waals surface area (Å²) in [6.45, 7) is 0. The van der Waals surface area contributed by atoms with Gasteiger partial charge in [-0.15, -0.1) is 0 Å². The molecule has 0 unspecified atom stereocenters. The smallest absolute Gasteiger partial charge is 0.164 e. The van der Waals surface area contributed by atoms with E-state index in [4.69, 9.17) is 27.3 Å². The highest BCUT2D eigenvalue weighted by molar-refractivity contribution is 6.14. The molecule has 0 bridgehead atoms. The molecule has 4 heteroatoms. The molecule has 0 N–H and O–H groups in total. The molecule has 9 aromatic rings. The van der Waals surface area contributed by atoms with Gasteiger partial charge in [0.1, 0.15) is 0 Å². The molecule has 49 heavy (non-hydrogen) atoms. The highest BCUT2D eigenvalue weighted by atomic mass is 15.0. The van der Waals surface area contributed by atoms with E-state index in [0.717, 1.165) is 11.1 Å². The number of hydrogen-bond acceptors (Lipinski definition) is 3. The monoisotopic (exact) mass is 638 g/mol. The summed E-state index contributed by atoms with van der Waals surface area (Å²) in [4.78, 5) is 14.6. The Hall–Kier alpha value is -6.65. The summed E-state index contributed by atoms with van der Waals surface area (Å²) in [7, 11) is 0. The average molecular weight is 639 g/mol. The van der Waals surface area contributed by atoms with Gasteiger partial charge in [0.25, 0.3) is 0 Å². The zero-order valence-electron chi connectivity index (χ0n) is 37.7. The van der Waals surface area contributed by atoms with E-state index in [0.29, 0.717) is 39.9 Å². The van der Waals surface area contributed by atoms with Crippen LogP contribution in [0.2, 0.25) is 0 Å². The number of aromatic nitrogens is 4. The lowest BCUT2D eigenvalue weighted by molar-refractivity contribution is 1.07. The zero-order chi connectivity index (χ0) is 43.0. The fraction of sp³-hybridized carbons (Fsp3) is 0. The summed E-state index contributed by atoms with van der Waals surface area (Å²) in [6, 6.07) is 26.0. The maximum absolute atomic E-state index is 9.29. The van der Waals surface area contributed by atoms with E-state index in [9.17, 15) is 4.11 Å². The van der Waals surface area contributed by atoms with Crippen molar-refractivity contribution in [2.24, 2.45) is 0 Å². The molecular formula is C45H30N4. The van der Waals surface area contributed by atoms with E-state index in [-0.39, 0.29) is 27.4 Å². The lowest BCUT2D eigenvalue weighted by atomic mass is 9.99. The largest absolute Gasteiger partial charge is 0.308 e. The first-order valence-electron chi connectivity index (χ1n) is 21.5. The van der Waals surface area contributed by atoms with Gasteiger partial charge in [0.2, 0.25) is 0 Å². The van der Waals surface area contributed by atoms with E-state index in [1.54, 1.807) is 12.1 Å². The van der Waals surface area contributed by atoms with Crippen molar-refractivity contribution >= 4 is 21.8 Å². The molecule has 0 saturated carbocycles. The molecule has 0 aliphatic heterocycles. The Morgan fingerprint density at radius 2 is 0.959 bits per heavy atom. The Kier molecular flexibility index (Phi) is 4.63. The number of hydrogen-bond donors (Lipinski definition) is 0. The van der Waals surface area contributed by atoms with Gasteiger partial charge in [-0.2, -0.15) is 0 Å². The molecule has 0 atom stereocenters. The number of fused-ring (bicyclic) bond motifs is 3. The molecule has 0 spiro atoms. The molecule has 2 heterocycles. The van der Waals surface area contributed by atoms with Crippen molar-refractivity contribution < 1.29 is 16.4 Å². The fourth-order valence-electron chi connectivity index (χ4n) is 6.02. The van der Waals surface area contributed by atoms with Crippen molar-refractivity contribution in [3.8, 4) is 62.1 Å². The first-order chi connectivity index (χ1) is 29.3. The van der Waals surface area contributed by atoms with Crippen molar-refractivity contribution in [3.63, 3.8) is 0 Å². The van der Waals surface area contributed by atoms with Crippen LogP contribution < -0.4 is 0 Å². The summed E-state index contributed by atoms with van der Waals surface area (Å²) in [5.41, 5.74) is 2.57. The van der Waals surface area contributed by atoms with Gasteiger partial charge in [0.05, 0.1) is 33.2 Å². The van der Waals surface area contributed by atoms with Crippen LogP contribution in [0.3, 0.4) is 0 Å². The zero-order valence-corrected chi connectivity index (χ0v) is 25.7. The Morgan fingerprint density at radius 3 is 1.61 bits per heavy atom. The Morgan fingerprint density at radius 1 is 0.408 bits per heavy atom. The maximum Gasteiger partial charge on any atom is 0.164 e. The number of benzene rings is 7. The first kappa shape index (κ1) is 18.6. The molecule has 230 valence electrons. The van der Waals surface area contributed by atoms with Crippen molar-refractivity contribution in [1.82, 2.24) is 19.5 Å². The van der Waals surface area contributed by atoms with Crippen molar-refractivity contribution in [2.45, 2.75) is 0 Å². The molecule has 0 aliphatic carbocycles. The van der Waals surface area contributed by atoms with E-state index in [2.05, 4.69) is 0 Å². The highest BCUT2D eigenvalue weighted by Crippen LogP contribution is 2.41. The Balaban J connectivity index is 1.45. The first-order valence-corrected chi connectivity index (χ1v) is 15.5. The minimum absolute atomic E-state index is 0.101. The molecule has 0 radical (unpaired) electrons. The van der Waals surface area contributed by atoms with Crippen LogP contribution in [0, 0.1) is 0 Å². The van der Waals surface area contributed by atoms with Gasteiger partial charge >= 0.3 is 0 Å². The topological polar surface area (TPSA) is 43.6 Å². The van der Waals surface area contributed by atoms with Crippen molar-refractivity contribution in [2.75, 3.05) is 0 Å². The Labute approximate surface area is 301 Å². The van der Waals surface area contributed by atoms with Gasteiger partial charge in [0, 0.05) is 38.6 Å². The highest BCUT2D eigenvalue weighted by Gasteiger charge is 2.20. The summed E-state index contributed by atoms with van der Waals surface area (Å²) >= 11 is 0. The fourth-order valence-corrected chi connectivity index (χ4v) is 6.02.